The van der Waals surface area contributed by atoms with Crippen LogP contribution in [0.25, 0.3) is 0 Å². The lowest BCUT2D eigenvalue weighted by Gasteiger charge is -2.18. The van der Waals surface area contributed by atoms with E-state index in [0.29, 0.717) is 5.75 Å². The summed E-state index contributed by atoms with van der Waals surface area (Å²) in [6, 6.07) is 4.19. The summed E-state index contributed by atoms with van der Waals surface area (Å²) in [6.07, 6.45) is 0. The van der Waals surface area contributed by atoms with Gasteiger partial charge in [0, 0.05) is 10.4 Å². The maximum absolute atomic E-state index is 11.9. The van der Waals surface area contributed by atoms with Gasteiger partial charge in [-0.2, -0.15) is 0 Å². The molecule has 1 rings (SSSR count). The summed E-state index contributed by atoms with van der Waals surface area (Å²) in [6.45, 7) is 12.5. The highest BCUT2D eigenvalue weighted by atomic mass is 32.2. The summed E-state index contributed by atoms with van der Waals surface area (Å²) in [5, 5.41) is 3.02. The molecule has 1 N–H and O–H groups in total. The fraction of sp³-hybridized carbons (Fsp3) is 0.533. The summed E-state index contributed by atoms with van der Waals surface area (Å²) >= 11 is 1.66. The van der Waals surface area contributed by atoms with Crippen LogP contribution in [0.15, 0.2) is 12.1 Å². The lowest BCUT2D eigenvalue weighted by Crippen LogP contribution is -2.19. The van der Waals surface area contributed by atoms with Crippen molar-refractivity contribution in [2.24, 2.45) is 0 Å². The second-order valence-corrected chi connectivity index (χ2v) is 7.53. The third-order valence-electron chi connectivity index (χ3n) is 2.58. The normalized spacial score (nSPS) is 11.4. The topological polar surface area (TPSA) is 29.1 Å². The summed E-state index contributed by atoms with van der Waals surface area (Å²) in [5.41, 5.74) is 4.44. The van der Waals surface area contributed by atoms with E-state index in [1.807, 2.05) is 13.8 Å². The zero-order chi connectivity index (χ0) is 13.9. The van der Waals surface area contributed by atoms with Crippen LogP contribution in [0.5, 0.6) is 0 Å². The van der Waals surface area contributed by atoms with Gasteiger partial charge in [-0.3, -0.25) is 4.79 Å². The fourth-order valence-corrected chi connectivity index (χ4v) is 2.47. The van der Waals surface area contributed by atoms with Gasteiger partial charge in [-0.15, -0.1) is 11.8 Å². The molecular formula is C15H23NOS. The number of thioether (sulfide) groups is 1. The van der Waals surface area contributed by atoms with E-state index < -0.39 is 0 Å². The van der Waals surface area contributed by atoms with Gasteiger partial charge in [0.25, 0.3) is 0 Å². The van der Waals surface area contributed by atoms with Crippen molar-refractivity contribution in [3.63, 3.8) is 0 Å². The molecular weight excluding hydrogens is 242 g/mol. The minimum absolute atomic E-state index is 0.0741. The molecule has 100 valence electrons. The predicted molar refractivity (Wildman–Crippen MR) is 81.5 cm³/mol. The number of carbonyl (C=O) groups is 1. The second-order valence-electron chi connectivity index (χ2n) is 5.72. The first kappa shape index (κ1) is 15.1. The molecule has 0 fully saturated rings. The summed E-state index contributed by atoms with van der Waals surface area (Å²) in [5.74, 6) is 0.570. The Kier molecular flexibility index (Phi) is 4.85. The lowest BCUT2D eigenvalue weighted by molar-refractivity contribution is -0.113. The molecule has 0 saturated heterocycles. The van der Waals surface area contributed by atoms with E-state index in [1.54, 1.807) is 11.8 Å². The van der Waals surface area contributed by atoms with Gasteiger partial charge in [-0.25, -0.2) is 0 Å². The number of aryl methyl sites for hydroxylation is 3. The minimum Gasteiger partial charge on any atom is -0.325 e. The lowest BCUT2D eigenvalue weighted by atomic mass is 10.1. The van der Waals surface area contributed by atoms with Crippen LogP contribution in [0.2, 0.25) is 0 Å². The number of hydrogen-bond donors (Lipinski definition) is 1. The molecule has 18 heavy (non-hydrogen) atoms. The molecule has 0 heterocycles. The average molecular weight is 265 g/mol. The number of anilines is 1. The van der Waals surface area contributed by atoms with E-state index in [4.69, 9.17) is 0 Å². The van der Waals surface area contributed by atoms with E-state index in [2.05, 4.69) is 45.1 Å². The van der Waals surface area contributed by atoms with Gasteiger partial charge >= 0.3 is 0 Å². The Bertz CT molecular complexity index is 423. The van der Waals surface area contributed by atoms with Crippen LogP contribution < -0.4 is 5.32 Å². The number of amides is 1. The Morgan fingerprint density at radius 2 is 1.67 bits per heavy atom. The first-order valence-electron chi connectivity index (χ1n) is 6.21. The highest BCUT2D eigenvalue weighted by Gasteiger charge is 2.14. The molecule has 0 radical (unpaired) electrons. The van der Waals surface area contributed by atoms with E-state index in [0.717, 1.165) is 16.8 Å². The Hall–Kier alpha value is -0.960. The Morgan fingerprint density at radius 1 is 1.17 bits per heavy atom. The van der Waals surface area contributed by atoms with Crippen molar-refractivity contribution >= 4 is 23.4 Å². The molecule has 0 aliphatic carbocycles. The minimum atomic E-state index is 0.0741. The van der Waals surface area contributed by atoms with Crippen molar-refractivity contribution < 1.29 is 4.79 Å². The van der Waals surface area contributed by atoms with Crippen LogP contribution >= 0.6 is 11.8 Å². The smallest absolute Gasteiger partial charge is 0.234 e. The Labute approximate surface area is 115 Å². The summed E-state index contributed by atoms with van der Waals surface area (Å²) in [4.78, 5) is 11.9. The molecule has 3 heteroatoms. The van der Waals surface area contributed by atoms with Crippen LogP contribution in [-0.4, -0.2) is 16.4 Å². The molecule has 1 aromatic rings. The van der Waals surface area contributed by atoms with Crippen LogP contribution in [0.3, 0.4) is 0 Å². The molecule has 0 atom stereocenters. The summed E-state index contributed by atoms with van der Waals surface area (Å²) < 4.78 is 0.120. The van der Waals surface area contributed by atoms with Crippen molar-refractivity contribution in [1.29, 1.82) is 0 Å². The molecule has 2 nitrogen and oxygen atoms in total. The molecule has 0 aliphatic rings. The Morgan fingerprint density at radius 3 is 2.11 bits per heavy atom. The van der Waals surface area contributed by atoms with Gasteiger partial charge in [0.1, 0.15) is 0 Å². The number of benzene rings is 1. The molecule has 0 spiro atoms. The first-order chi connectivity index (χ1) is 8.19. The van der Waals surface area contributed by atoms with E-state index in [1.165, 1.54) is 5.56 Å². The fourth-order valence-electron chi connectivity index (χ4n) is 1.83. The van der Waals surface area contributed by atoms with Crippen molar-refractivity contribution in [3.8, 4) is 0 Å². The van der Waals surface area contributed by atoms with Crippen LogP contribution in [-0.2, 0) is 4.79 Å². The third-order valence-corrected chi connectivity index (χ3v) is 3.85. The number of rotatable bonds is 3. The second kappa shape index (κ2) is 5.79. The number of carbonyl (C=O) groups excluding carboxylic acids is 1. The molecule has 0 aromatic heterocycles. The van der Waals surface area contributed by atoms with Gasteiger partial charge in [0.05, 0.1) is 5.75 Å². The average Bonchev–Trinajstić information content (AvgIpc) is 2.19. The Balaban J connectivity index is 2.71. The molecule has 0 bridgehead atoms. The standard InChI is InChI=1S/C15H23NOS/c1-10-7-11(2)14(12(3)8-10)16-13(17)9-18-15(4,5)6/h7-8H,9H2,1-6H3,(H,16,17). The third kappa shape index (κ3) is 4.73. The van der Waals surface area contributed by atoms with E-state index >= 15 is 0 Å². The summed E-state index contributed by atoms with van der Waals surface area (Å²) in [7, 11) is 0. The highest BCUT2D eigenvalue weighted by Crippen LogP contribution is 2.25. The molecule has 0 aliphatic heterocycles. The van der Waals surface area contributed by atoms with Gasteiger partial charge in [-0.1, -0.05) is 38.5 Å². The zero-order valence-corrected chi connectivity index (χ0v) is 13.0. The van der Waals surface area contributed by atoms with Gasteiger partial charge in [-0.05, 0) is 31.9 Å². The van der Waals surface area contributed by atoms with Gasteiger partial charge < -0.3 is 5.32 Å². The SMILES string of the molecule is Cc1cc(C)c(NC(=O)CSC(C)(C)C)c(C)c1. The largest absolute Gasteiger partial charge is 0.325 e. The number of nitrogens with one attached hydrogen (secondary N) is 1. The predicted octanol–water partition coefficient (Wildman–Crippen LogP) is 4.08. The van der Waals surface area contributed by atoms with Crippen molar-refractivity contribution in [2.75, 3.05) is 11.1 Å². The zero-order valence-electron chi connectivity index (χ0n) is 12.2. The quantitative estimate of drug-likeness (QED) is 0.892. The maximum atomic E-state index is 11.9. The first-order valence-corrected chi connectivity index (χ1v) is 7.19. The van der Waals surface area contributed by atoms with Crippen molar-refractivity contribution in [2.45, 2.75) is 46.3 Å². The molecule has 1 aromatic carbocycles. The highest BCUT2D eigenvalue weighted by molar-refractivity contribution is 8.01. The molecule has 1 amide bonds. The van der Waals surface area contributed by atoms with Gasteiger partial charge in [0.15, 0.2) is 0 Å². The van der Waals surface area contributed by atoms with E-state index in [-0.39, 0.29) is 10.7 Å². The molecule has 0 saturated carbocycles. The van der Waals surface area contributed by atoms with E-state index in [9.17, 15) is 4.79 Å². The van der Waals surface area contributed by atoms with Crippen LogP contribution in [0.4, 0.5) is 5.69 Å². The van der Waals surface area contributed by atoms with Gasteiger partial charge in [0.2, 0.25) is 5.91 Å². The van der Waals surface area contributed by atoms with Crippen molar-refractivity contribution in [3.05, 3.63) is 28.8 Å². The van der Waals surface area contributed by atoms with Crippen LogP contribution in [0, 0.1) is 20.8 Å². The monoisotopic (exact) mass is 265 g/mol. The van der Waals surface area contributed by atoms with Crippen molar-refractivity contribution in [1.82, 2.24) is 0 Å². The molecule has 0 unspecified atom stereocenters. The van der Waals surface area contributed by atoms with Crippen LogP contribution in [0.1, 0.15) is 37.5 Å². The number of hydrogen-bond acceptors (Lipinski definition) is 2. The maximum Gasteiger partial charge on any atom is 0.234 e.